The summed E-state index contributed by atoms with van der Waals surface area (Å²) in [5.74, 6) is -1.16. The van der Waals surface area contributed by atoms with E-state index in [4.69, 9.17) is 4.74 Å². The van der Waals surface area contributed by atoms with Gasteiger partial charge in [0.05, 0.1) is 6.10 Å². The van der Waals surface area contributed by atoms with Gasteiger partial charge in [0.15, 0.2) is 11.6 Å². The van der Waals surface area contributed by atoms with Gasteiger partial charge < -0.3 is 15.2 Å². The Morgan fingerprint density at radius 2 is 2.15 bits per heavy atom. The molecule has 1 aliphatic carbocycles. The highest BCUT2D eigenvalue weighted by molar-refractivity contribution is 5.23. The molecule has 1 aromatic carbocycles. The average Bonchev–Trinajstić information content (AvgIpc) is 2.83. The van der Waals surface area contributed by atoms with E-state index in [-0.39, 0.29) is 12.1 Å². The molecule has 0 saturated heterocycles. The Hall–Kier alpha value is -1.20. The van der Waals surface area contributed by atoms with Crippen LogP contribution in [0.2, 0.25) is 0 Å². The molecular weight excluding hydrogens is 264 g/mol. The van der Waals surface area contributed by atoms with Gasteiger partial charge in [0, 0.05) is 18.7 Å². The van der Waals surface area contributed by atoms with Crippen molar-refractivity contribution in [1.82, 2.24) is 5.32 Å². The molecule has 1 saturated carbocycles. The van der Waals surface area contributed by atoms with E-state index in [9.17, 15) is 13.9 Å². The van der Waals surface area contributed by atoms with Crippen LogP contribution < -0.4 is 10.1 Å². The van der Waals surface area contributed by atoms with Gasteiger partial charge in [-0.1, -0.05) is 6.42 Å². The zero-order valence-corrected chi connectivity index (χ0v) is 11.6. The summed E-state index contributed by atoms with van der Waals surface area (Å²) >= 11 is 0. The predicted molar refractivity (Wildman–Crippen MR) is 72.7 cm³/mol. The number of ether oxygens (including phenoxy) is 1. The molecule has 1 aliphatic rings. The van der Waals surface area contributed by atoms with Crippen LogP contribution in [-0.4, -0.2) is 30.4 Å². The van der Waals surface area contributed by atoms with Crippen LogP contribution in [-0.2, 0) is 0 Å². The third kappa shape index (κ3) is 4.15. The third-order valence-corrected chi connectivity index (χ3v) is 3.74. The summed E-state index contributed by atoms with van der Waals surface area (Å²) in [7, 11) is 0. The molecule has 0 heterocycles. The fourth-order valence-electron chi connectivity index (χ4n) is 2.45. The molecule has 2 N–H and O–H groups in total. The number of hydrogen-bond donors (Lipinski definition) is 2. The van der Waals surface area contributed by atoms with Gasteiger partial charge in [-0.05, 0) is 37.8 Å². The molecule has 0 spiro atoms. The molecule has 5 heteroatoms. The van der Waals surface area contributed by atoms with E-state index in [1.54, 1.807) is 0 Å². The Bertz CT molecular complexity index is 442. The fraction of sp³-hybridized carbons (Fsp3) is 0.600. The van der Waals surface area contributed by atoms with E-state index < -0.39 is 11.6 Å². The number of benzene rings is 1. The molecule has 112 valence electrons. The van der Waals surface area contributed by atoms with E-state index in [1.165, 1.54) is 6.07 Å². The quantitative estimate of drug-likeness (QED) is 0.843. The van der Waals surface area contributed by atoms with Crippen molar-refractivity contribution in [3.8, 4) is 5.75 Å². The van der Waals surface area contributed by atoms with E-state index >= 15 is 0 Å². The monoisotopic (exact) mass is 285 g/mol. The lowest BCUT2D eigenvalue weighted by Gasteiger charge is -2.19. The van der Waals surface area contributed by atoms with Crippen LogP contribution in [0.15, 0.2) is 18.2 Å². The average molecular weight is 285 g/mol. The Labute approximate surface area is 117 Å². The van der Waals surface area contributed by atoms with Crippen molar-refractivity contribution in [2.45, 2.75) is 38.3 Å². The van der Waals surface area contributed by atoms with Crippen molar-refractivity contribution in [3.05, 3.63) is 29.8 Å². The molecule has 3 atom stereocenters. The van der Waals surface area contributed by atoms with Crippen molar-refractivity contribution in [2.24, 2.45) is 5.92 Å². The normalized spacial score (nSPS) is 23.8. The SMILES string of the molecule is CC(COc1ccc(F)c(F)c1)NCC1CCCC1O. The lowest BCUT2D eigenvalue weighted by atomic mass is 10.1. The predicted octanol–water partition coefficient (Wildman–Crippen LogP) is 2.48. The lowest BCUT2D eigenvalue weighted by Crippen LogP contribution is -2.37. The highest BCUT2D eigenvalue weighted by Crippen LogP contribution is 2.24. The van der Waals surface area contributed by atoms with Crippen LogP contribution in [0.1, 0.15) is 26.2 Å². The summed E-state index contributed by atoms with van der Waals surface area (Å²) in [6.45, 7) is 3.08. The second kappa shape index (κ2) is 6.99. The van der Waals surface area contributed by atoms with Gasteiger partial charge in [-0.3, -0.25) is 0 Å². The van der Waals surface area contributed by atoms with Crippen LogP contribution in [0.4, 0.5) is 8.78 Å². The van der Waals surface area contributed by atoms with Crippen molar-refractivity contribution < 1.29 is 18.6 Å². The molecule has 1 fully saturated rings. The first-order chi connectivity index (χ1) is 9.56. The molecular formula is C15H21F2NO2. The highest BCUT2D eigenvalue weighted by atomic mass is 19.2. The molecule has 1 aromatic rings. The molecule has 0 amide bonds. The summed E-state index contributed by atoms with van der Waals surface area (Å²) in [6.07, 6.45) is 2.80. The van der Waals surface area contributed by atoms with Crippen LogP contribution in [0.25, 0.3) is 0 Å². The molecule has 0 bridgehead atoms. The summed E-state index contributed by atoms with van der Waals surface area (Å²) in [5, 5.41) is 13.0. The summed E-state index contributed by atoms with van der Waals surface area (Å²) in [5.41, 5.74) is 0. The largest absolute Gasteiger partial charge is 0.492 e. The van der Waals surface area contributed by atoms with Gasteiger partial charge in [-0.2, -0.15) is 0 Å². The van der Waals surface area contributed by atoms with Gasteiger partial charge in [0.25, 0.3) is 0 Å². The number of aliphatic hydroxyl groups is 1. The van der Waals surface area contributed by atoms with Crippen LogP contribution in [0.5, 0.6) is 5.75 Å². The number of nitrogens with one attached hydrogen (secondary N) is 1. The highest BCUT2D eigenvalue weighted by Gasteiger charge is 2.25. The van der Waals surface area contributed by atoms with E-state index in [1.807, 2.05) is 6.92 Å². The van der Waals surface area contributed by atoms with Crippen LogP contribution in [0, 0.1) is 17.6 Å². The lowest BCUT2D eigenvalue weighted by molar-refractivity contribution is 0.128. The summed E-state index contributed by atoms with van der Waals surface area (Å²) in [4.78, 5) is 0. The fourth-order valence-corrected chi connectivity index (χ4v) is 2.45. The number of hydrogen-bond acceptors (Lipinski definition) is 3. The Kier molecular flexibility index (Phi) is 5.31. The Morgan fingerprint density at radius 1 is 1.35 bits per heavy atom. The second-order valence-electron chi connectivity index (χ2n) is 5.45. The second-order valence-corrected chi connectivity index (χ2v) is 5.45. The Balaban J connectivity index is 1.71. The molecule has 20 heavy (non-hydrogen) atoms. The molecule has 3 unspecified atom stereocenters. The number of halogens is 2. The van der Waals surface area contributed by atoms with Crippen LogP contribution in [0.3, 0.4) is 0 Å². The minimum Gasteiger partial charge on any atom is -0.492 e. The first kappa shape index (κ1) is 15.2. The first-order valence-corrected chi connectivity index (χ1v) is 7.05. The van der Waals surface area contributed by atoms with Gasteiger partial charge in [-0.15, -0.1) is 0 Å². The van der Waals surface area contributed by atoms with Gasteiger partial charge >= 0.3 is 0 Å². The van der Waals surface area contributed by atoms with Crippen molar-refractivity contribution in [2.75, 3.05) is 13.2 Å². The van der Waals surface area contributed by atoms with E-state index in [2.05, 4.69) is 5.32 Å². The standard InChI is InChI=1S/C15H21F2NO2/c1-10(18-8-11-3-2-4-15(11)19)9-20-12-5-6-13(16)14(17)7-12/h5-7,10-11,15,18-19H,2-4,8-9H2,1H3. The molecule has 2 rings (SSSR count). The number of aliphatic hydroxyl groups excluding tert-OH is 1. The third-order valence-electron chi connectivity index (χ3n) is 3.74. The minimum absolute atomic E-state index is 0.0796. The maximum absolute atomic E-state index is 13.0. The van der Waals surface area contributed by atoms with Crippen molar-refractivity contribution in [3.63, 3.8) is 0 Å². The van der Waals surface area contributed by atoms with Crippen LogP contribution >= 0.6 is 0 Å². The topological polar surface area (TPSA) is 41.5 Å². The summed E-state index contributed by atoms with van der Waals surface area (Å²) in [6, 6.07) is 3.59. The Morgan fingerprint density at radius 3 is 2.80 bits per heavy atom. The van der Waals surface area contributed by atoms with Crippen molar-refractivity contribution >= 4 is 0 Å². The van der Waals surface area contributed by atoms with Gasteiger partial charge in [-0.25, -0.2) is 8.78 Å². The number of rotatable bonds is 6. The minimum atomic E-state index is -0.905. The van der Waals surface area contributed by atoms with Gasteiger partial charge in [0.2, 0.25) is 0 Å². The van der Waals surface area contributed by atoms with E-state index in [0.717, 1.165) is 37.9 Å². The summed E-state index contributed by atoms with van der Waals surface area (Å²) < 4.78 is 31.2. The molecule has 0 radical (unpaired) electrons. The smallest absolute Gasteiger partial charge is 0.162 e. The van der Waals surface area contributed by atoms with E-state index in [0.29, 0.717) is 18.3 Å². The van der Waals surface area contributed by atoms with Gasteiger partial charge in [0.1, 0.15) is 12.4 Å². The maximum Gasteiger partial charge on any atom is 0.162 e. The van der Waals surface area contributed by atoms with Crippen molar-refractivity contribution in [1.29, 1.82) is 0 Å². The zero-order chi connectivity index (χ0) is 14.5. The first-order valence-electron chi connectivity index (χ1n) is 7.05. The molecule has 0 aliphatic heterocycles. The molecule has 3 nitrogen and oxygen atoms in total. The molecule has 0 aromatic heterocycles. The maximum atomic E-state index is 13.0. The zero-order valence-electron chi connectivity index (χ0n) is 11.6.